The Kier molecular flexibility index (Phi) is 6.80. The van der Waals surface area contributed by atoms with E-state index in [4.69, 9.17) is 23.2 Å². The highest BCUT2D eigenvalue weighted by molar-refractivity contribution is 9.10. The number of isothiocyanates is 1. The molecule has 0 amide bonds. The fraction of sp³-hybridized carbons (Fsp3) is 0.200. The second-order valence-electron chi connectivity index (χ2n) is 4.48. The molecule has 0 spiro atoms. The number of anilines is 1. The summed E-state index contributed by atoms with van der Waals surface area (Å²) in [6.07, 6.45) is 1.76. The predicted molar refractivity (Wildman–Crippen MR) is 99.3 cm³/mol. The topological polar surface area (TPSA) is 28.5 Å². The first kappa shape index (κ1) is 17.4. The van der Waals surface area contributed by atoms with Crippen LogP contribution in [0, 0.1) is 0 Å². The molecule has 7 heteroatoms. The molecule has 2 rings (SSSR count). The fourth-order valence-corrected chi connectivity index (χ4v) is 2.55. The second kappa shape index (κ2) is 8.61. The number of halogens is 3. The number of hydrogen-bond acceptors (Lipinski definition) is 4. The number of thiocarbonyl (C=S) groups is 1. The largest absolute Gasteiger partial charge is 0.350 e. The number of rotatable bonds is 6. The molecule has 0 unspecified atom stereocenters. The van der Waals surface area contributed by atoms with Crippen LogP contribution in [-0.4, -0.2) is 23.2 Å². The first-order chi connectivity index (χ1) is 10.6. The van der Waals surface area contributed by atoms with E-state index >= 15 is 0 Å². The lowest BCUT2D eigenvalue weighted by Gasteiger charge is -2.23. The molecule has 0 aliphatic heterocycles. The van der Waals surface area contributed by atoms with E-state index < -0.39 is 0 Å². The molecule has 0 saturated heterocycles. The summed E-state index contributed by atoms with van der Waals surface area (Å²) >= 11 is 20.0. The number of benzene rings is 1. The van der Waals surface area contributed by atoms with E-state index in [9.17, 15) is 0 Å². The van der Waals surface area contributed by atoms with Crippen molar-refractivity contribution >= 4 is 62.3 Å². The van der Waals surface area contributed by atoms with Crippen LogP contribution in [0.5, 0.6) is 0 Å². The van der Waals surface area contributed by atoms with Crippen molar-refractivity contribution in [3.8, 4) is 0 Å². The Hall–Kier alpha value is -0.970. The van der Waals surface area contributed by atoms with Gasteiger partial charge in [-0.15, -0.1) is 0 Å². The van der Waals surface area contributed by atoms with Crippen LogP contribution in [0.1, 0.15) is 5.56 Å². The van der Waals surface area contributed by atoms with Gasteiger partial charge in [-0.25, -0.2) is 9.98 Å². The minimum atomic E-state index is 0.541. The number of aliphatic imine (C=N–C) groups is 1. The van der Waals surface area contributed by atoms with Gasteiger partial charge in [0.25, 0.3) is 0 Å². The smallest absolute Gasteiger partial charge is 0.128 e. The Morgan fingerprint density at radius 3 is 2.68 bits per heavy atom. The highest BCUT2D eigenvalue weighted by Gasteiger charge is 2.10. The van der Waals surface area contributed by atoms with Crippen molar-refractivity contribution in [2.24, 2.45) is 4.99 Å². The molecule has 0 atom stereocenters. The minimum absolute atomic E-state index is 0.541. The van der Waals surface area contributed by atoms with E-state index in [1.807, 2.05) is 24.3 Å². The van der Waals surface area contributed by atoms with Gasteiger partial charge in [-0.1, -0.05) is 29.3 Å². The third kappa shape index (κ3) is 5.04. The van der Waals surface area contributed by atoms with Gasteiger partial charge in [0.2, 0.25) is 0 Å². The molecular weight excluding hydrogens is 405 g/mol. The summed E-state index contributed by atoms with van der Waals surface area (Å²) < 4.78 is 0.933. The second-order valence-corrected chi connectivity index (χ2v) is 6.39. The Morgan fingerprint density at radius 1 is 1.23 bits per heavy atom. The molecule has 1 aromatic heterocycles. The average Bonchev–Trinajstić information content (AvgIpc) is 2.51. The Balaban J connectivity index is 2.21. The van der Waals surface area contributed by atoms with Crippen LogP contribution in [-0.2, 0) is 6.54 Å². The van der Waals surface area contributed by atoms with Crippen LogP contribution < -0.4 is 4.90 Å². The van der Waals surface area contributed by atoms with Crippen molar-refractivity contribution in [2.45, 2.75) is 6.54 Å². The SMILES string of the molecule is S=C=NCCN(Cc1ccc(Cl)c(Cl)c1)c1ccc(Br)cn1. The van der Waals surface area contributed by atoms with Crippen LogP contribution in [0.2, 0.25) is 10.0 Å². The van der Waals surface area contributed by atoms with Gasteiger partial charge in [-0.2, -0.15) is 0 Å². The minimum Gasteiger partial charge on any atom is -0.350 e. The van der Waals surface area contributed by atoms with Gasteiger partial charge >= 0.3 is 0 Å². The number of nitrogens with zero attached hydrogens (tertiary/aromatic N) is 3. The van der Waals surface area contributed by atoms with E-state index in [1.165, 1.54) is 0 Å². The molecule has 0 radical (unpaired) electrons. The van der Waals surface area contributed by atoms with Gasteiger partial charge < -0.3 is 4.90 Å². The van der Waals surface area contributed by atoms with E-state index in [2.05, 4.69) is 48.2 Å². The number of aromatic nitrogens is 1. The molecular formula is C15H12BrCl2N3S. The standard InChI is InChI=1S/C15H12BrCl2N3S/c16-12-2-4-15(20-8-12)21(6-5-19-10-22)9-11-1-3-13(17)14(18)7-11/h1-4,7-8H,5-6,9H2. The van der Waals surface area contributed by atoms with Crippen molar-refractivity contribution < 1.29 is 0 Å². The number of pyridine rings is 1. The molecule has 0 fully saturated rings. The molecule has 0 N–H and O–H groups in total. The molecule has 0 bridgehead atoms. The lowest BCUT2D eigenvalue weighted by atomic mass is 10.2. The van der Waals surface area contributed by atoms with Crippen molar-refractivity contribution in [2.75, 3.05) is 18.0 Å². The molecule has 3 nitrogen and oxygen atoms in total. The van der Waals surface area contributed by atoms with Crippen LogP contribution in [0.3, 0.4) is 0 Å². The summed E-state index contributed by atoms with van der Waals surface area (Å²) in [6.45, 7) is 1.89. The zero-order valence-electron chi connectivity index (χ0n) is 11.5. The van der Waals surface area contributed by atoms with Gasteiger partial charge in [-0.3, -0.25) is 0 Å². The maximum Gasteiger partial charge on any atom is 0.128 e. The Bertz CT molecular complexity index is 688. The van der Waals surface area contributed by atoms with Gasteiger partial charge in [0.1, 0.15) is 5.82 Å². The van der Waals surface area contributed by atoms with Crippen LogP contribution in [0.25, 0.3) is 0 Å². The van der Waals surface area contributed by atoms with E-state index in [1.54, 1.807) is 12.3 Å². The Labute approximate surface area is 153 Å². The van der Waals surface area contributed by atoms with Crippen LogP contribution in [0.4, 0.5) is 5.82 Å². The van der Waals surface area contributed by atoms with Gasteiger partial charge in [-0.05, 0) is 58.0 Å². The third-order valence-corrected chi connectivity index (χ3v) is 4.28. The molecule has 1 aromatic carbocycles. The first-order valence-corrected chi connectivity index (χ1v) is 8.40. The third-order valence-electron chi connectivity index (χ3n) is 2.94. The van der Waals surface area contributed by atoms with E-state index in [0.717, 1.165) is 15.9 Å². The average molecular weight is 417 g/mol. The highest BCUT2D eigenvalue weighted by atomic mass is 79.9. The summed E-state index contributed by atoms with van der Waals surface area (Å²) in [4.78, 5) is 10.5. The van der Waals surface area contributed by atoms with E-state index in [-0.39, 0.29) is 0 Å². The molecule has 114 valence electrons. The lowest BCUT2D eigenvalue weighted by molar-refractivity contribution is 0.778. The number of hydrogen-bond donors (Lipinski definition) is 0. The summed E-state index contributed by atoms with van der Waals surface area (Å²) in [5, 5.41) is 3.47. The summed E-state index contributed by atoms with van der Waals surface area (Å²) in [6, 6.07) is 9.50. The summed E-state index contributed by atoms with van der Waals surface area (Å²) in [7, 11) is 0. The molecule has 0 aliphatic carbocycles. The van der Waals surface area contributed by atoms with Gasteiger partial charge in [0.15, 0.2) is 0 Å². The van der Waals surface area contributed by atoms with Crippen molar-refractivity contribution in [3.05, 3.63) is 56.6 Å². The Morgan fingerprint density at radius 2 is 2.05 bits per heavy atom. The molecule has 0 saturated carbocycles. The summed E-state index contributed by atoms with van der Waals surface area (Å²) in [5.41, 5.74) is 1.05. The van der Waals surface area contributed by atoms with Crippen molar-refractivity contribution in [1.29, 1.82) is 0 Å². The zero-order valence-corrected chi connectivity index (χ0v) is 15.4. The van der Waals surface area contributed by atoms with Crippen molar-refractivity contribution in [3.63, 3.8) is 0 Å². The molecule has 2 aromatic rings. The quantitative estimate of drug-likeness (QED) is 0.474. The molecule has 0 aliphatic rings. The fourth-order valence-electron chi connectivity index (χ4n) is 1.90. The normalized spacial score (nSPS) is 10.1. The van der Waals surface area contributed by atoms with Gasteiger partial charge in [0, 0.05) is 23.8 Å². The maximum absolute atomic E-state index is 6.08. The zero-order chi connectivity index (χ0) is 15.9. The van der Waals surface area contributed by atoms with E-state index in [0.29, 0.717) is 29.7 Å². The molecule has 22 heavy (non-hydrogen) atoms. The lowest BCUT2D eigenvalue weighted by Crippen LogP contribution is -2.26. The maximum atomic E-state index is 6.08. The van der Waals surface area contributed by atoms with Crippen LogP contribution in [0.15, 0.2) is 46.0 Å². The first-order valence-electron chi connectivity index (χ1n) is 6.44. The summed E-state index contributed by atoms with van der Waals surface area (Å²) in [5.74, 6) is 0.855. The highest BCUT2D eigenvalue weighted by Crippen LogP contribution is 2.24. The van der Waals surface area contributed by atoms with Crippen LogP contribution >= 0.6 is 51.3 Å². The van der Waals surface area contributed by atoms with Crippen molar-refractivity contribution in [1.82, 2.24) is 4.98 Å². The monoisotopic (exact) mass is 415 g/mol. The van der Waals surface area contributed by atoms with Gasteiger partial charge in [0.05, 0.1) is 21.8 Å². The predicted octanol–water partition coefficient (Wildman–Crippen LogP) is 5.26. The molecule has 1 heterocycles.